The van der Waals surface area contributed by atoms with Gasteiger partial charge in [-0.2, -0.15) is 0 Å². The highest BCUT2D eigenvalue weighted by Gasteiger charge is 2.51. The number of thioether (sulfide) groups is 1. The third kappa shape index (κ3) is 5.76. The SMILES string of the molecule is O=C(NC1CCCCC1)C(C1CCCCC1)C1(CSc2ccc(Cl)cc2Cl)Nc2ccc(F)cc2N1. The number of carbonyl (C=O) groups is 1. The molecule has 3 N–H and O–H groups in total. The van der Waals surface area contributed by atoms with E-state index < -0.39 is 5.66 Å². The van der Waals surface area contributed by atoms with E-state index in [1.54, 1.807) is 23.9 Å². The summed E-state index contributed by atoms with van der Waals surface area (Å²) in [5, 5.41) is 11.9. The number of rotatable bonds is 7. The molecule has 1 amide bonds. The summed E-state index contributed by atoms with van der Waals surface area (Å²) in [6, 6.07) is 10.5. The summed E-state index contributed by atoms with van der Waals surface area (Å²) >= 11 is 14.2. The van der Waals surface area contributed by atoms with Crippen molar-refractivity contribution < 1.29 is 9.18 Å². The molecule has 4 nitrogen and oxygen atoms in total. The lowest BCUT2D eigenvalue weighted by Crippen LogP contribution is -2.60. The van der Waals surface area contributed by atoms with E-state index in [4.69, 9.17) is 23.2 Å². The highest BCUT2D eigenvalue weighted by atomic mass is 35.5. The van der Waals surface area contributed by atoms with Crippen LogP contribution < -0.4 is 16.0 Å². The van der Waals surface area contributed by atoms with E-state index in [9.17, 15) is 9.18 Å². The van der Waals surface area contributed by atoms with Gasteiger partial charge in [-0.1, -0.05) is 61.7 Å². The van der Waals surface area contributed by atoms with Crippen molar-refractivity contribution in [1.29, 1.82) is 0 Å². The maximum absolute atomic E-state index is 14.2. The average Bonchev–Trinajstić information content (AvgIpc) is 3.23. The third-order valence-electron chi connectivity index (χ3n) is 7.93. The van der Waals surface area contributed by atoms with Crippen molar-refractivity contribution >= 4 is 52.2 Å². The maximum atomic E-state index is 14.2. The van der Waals surface area contributed by atoms with Gasteiger partial charge in [-0.05, 0) is 68.0 Å². The lowest BCUT2D eigenvalue weighted by Gasteiger charge is -2.43. The van der Waals surface area contributed by atoms with E-state index in [0.717, 1.165) is 61.9 Å². The Balaban J connectivity index is 1.48. The van der Waals surface area contributed by atoms with Crippen LogP contribution in [0.25, 0.3) is 0 Å². The van der Waals surface area contributed by atoms with E-state index in [-0.39, 0.29) is 29.6 Å². The molecule has 2 aromatic rings. The lowest BCUT2D eigenvalue weighted by molar-refractivity contribution is -0.129. The Morgan fingerprint density at radius 1 is 0.972 bits per heavy atom. The molecule has 8 heteroatoms. The van der Waals surface area contributed by atoms with Crippen LogP contribution in [0.15, 0.2) is 41.3 Å². The molecule has 194 valence electrons. The summed E-state index contributed by atoms with van der Waals surface area (Å²) in [4.78, 5) is 15.0. The van der Waals surface area contributed by atoms with Gasteiger partial charge in [0.05, 0.1) is 22.3 Å². The van der Waals surface area contributed by atoms with Crippen molar-refractivity contribution in [3.63, 3.8) is 0 Å². The highest BCUT2D eigenvalue weighted by Crippen LogP contribution is 2.46. The minimum absolute atomic E-state index is 0.102. The molecular weight excluding hydrogens is 516 g/mol. The van der Waals surface area contributed by atoms with Gasteiger partial charge in [0, 0.05) is 21.7 Å². The Bertz CT molecular complexity index is 1090. The van der Waals surface area contributed by atoms with Crippen molar-refractivity contribution in [2.45, 2.75) is 80.8 Å². The van der Waals surface area contributed by atoms with Crippen LogP contribution in [0.3, 0.4) is 0 Å². The summed E-state index contributed by atoms with van der Waals surface area (Å²) in [5.41, 5.74) is 0.749. The van der Waals surface area contributed by atoms with Crippen LogP contribution in [0.2, 0.25) is 10.0 Å². The molecule has 2 unspecified atom stereocenters. The lowest BCUT2D eigenvalue weighted by atomic mass is 9.73. The van der Waals surface area contributed by atoms with Crippen LogP contribution >= 0.6 is 35.0 Å². The molecule has 2 fully saturated rings. The maximum Gasteiger partial charge on any atom is 0.227 e. The van der Waals surface area contributed by atoms with E-state index in [1.807, 2.05) is 12.1 Å². The zero-order valence-corrected chi connectivity index (χ0v) is 22.8. The molecule has 0 radical (unpaired) electrons. The largest absolute Gasteiger partial charge is 0.360 e. The number of nitrogens with one attached hydrogen (secondary N) is 3. The van der Waals surface area contributed by atoms with Gasteiger partial charge in [0.2, 0.25) is 5.91 Å². The molecule has 3 aliphatic rings. The molecule has 0 saturated heterocycles. The Kier molecular flexibility index (Phi) is 8.24. The van der Waals surface area contributed by atoms with Crippen LogP contribution in [0.4, 0.5) is 15.8 Å². The van der Waals surface area contributed by atoms with Crippen LogP contribution in [0, 0.1) is 17.7 Å². The standard InChI is InChI=1S/C28H34Cl2FN3OS/c29-19-11-14-25(22(30)15-19)36-17-28(33-23-13-12-20(31)16-24(23)34-28)26(18-7-3-1-4-8-18)27(35)32-21-9-5-2-6-10-21/h11-16,18,21,26,33-34H,1-10,17H2,(H,32,35). The molecule has 1 heterocycles. The van der Waals surface area contributed by atoms with Crippen molar-refractivity contribution in [2.75, 3.05) is 16.4 Å². The Morgan fingerprint density at radius 2 is 1.67 bits per heavy atom. The zero-order valence-electron chi connectivity index (χ0n) is 20.4. The second kappa shape index (κ2) is 11.4. The molecule has 36 heavy (non-hydrogen) atoms. The molecule has 2 aliphatic carbocycles. The van der Waals surface area contributed by atoms with E-state index >= 15 is 0 Å². The number of anilines is 2. The van der Waals surface area contributed by atoms with Crippen LogP contribution in [-0.2, 0) is 4.79 Å². The second-order valence-electron chi connectivity index (χ2n) is 10.5. The third-order valence-corrected chi connectivity index (χ3v) is 9.86. The Hall–Kier alpha value is -1.63. The van der Waals surface area contributed by atoms with E-state index in [1.165, 1.54) is 25.0 Å². The molecule has 0 aromatic heterocycles. The molecule has 2 saturated carbocycles. The van der Waals surface area contributed by atoms with Gasteiger partial charge >= 0.3 is 0 Å². The van der Waals surface area contributed by atoms with Crippen molar-refractivity contribution in [3.05, 3.63) is 52.3 Å². The summed E-state index contributed by atoms with van der Waals surface area (Å²) in [7, 11) is 0. The fraction of sp³-hybridized carbons (Fsp3) is 0.536. The van der Waals surface area contributed by atoms with Gasteiger partial charge in [-0.25, -0.2) is 4.39 Å². The van der Waals surface area contributed by atoms with Crippen LogP contribution in [0.1, 0.15) is 64.2 Å². The smallest absolute Gasteiger partial charge is 0.227 e. The quantitative estimate of drug-likeness (QED) is 0.305. The van der Waals surface area contributed by atoms with E-state index in [2.05, 4.69) is 16.0 Å². The normalized spacial score (nSPS) is 23.4. The Morgan fingerprint density at radius 3 is 2.39 bits per heavy atom. The fourth-order valence-electron chi connectivity index (χ4n) is 6.19. The first-order valence-corrected chi connectivity index (χ1v) is 14.9. The number of fused-ring (bicyclic) bond motifs is 1. The number of carbonyl (C=O) groups excluding carboxylic acids is 1. The first-order valence-electron chi connectivity index (χ1n) is 13.2. The molecule has 0 spiro atoms. The first kappa shape index (κ1) is 26.0. The van der Waals surface area contributed by atoms with Gasteiger partial charge in [0.1, 0.15) is 11.5 Å². The van der Waals surface area contributed by atoms with Gasteiger partial charge in [-0.15, -0.1) is 11.8 Å². The predicted octanol–water partition coefficient (Wildman–Crippen LogP) is 8.10. The minimum atomic E-state index is -0.773. The van der Waals surface area contributed by atoms with Crippen molar-refractivity contribution in [1.82, 2.24) is 5.32 Å². The van der Waals surface area contributed by atoms with E-state index in [0.29, 0.717) is 21.5 Å². The molecule has 2 aromatic carbocycles. The summed E-state index contributed by atoms with van der Waals surface area (Å²) in [5.74, 6) is 0.277. The highest BCUT2D eigenvalue weighted by molar-refractivity contribution is 7.99. The van der Waals surface area contributed by atoms with Gasteiger partial charge in [0.25, 0.3) is 0 Å². The first-order chi connectivity index (χ1) is 17.4. The number of hydrogen-bond acceptors (Lipinski definition) is 4. The monoisotopic (exact) mass is 549 g/mol. The number of amides is 1. The van der Waals surface area contributed by atoms with Crippen LogP contribution in [-0.4, -0.2) is 23.4 Å². The fourth-order valence-corrected chi connectivity index (χ4v) is 7.83. The summed E-state index contributed by atoms with van der Waals surface area (Å²) in [6.07, 6.45) is 11.2. The minimum Gasteiger partial charge on any atom is -0.360 e. The summed E-state index contributed by atoms with van der Waals surface area (Å²) < 4.78 is 14.2. The van der Waals surface area contributed by atoms with Gasteiger partial charge in [-0.3, -0.25) is 4.79 Å². The van der Waals surface area contributed by atoms with Crippen molar-refractivity contribution in [3.8, 4) is 0 Å². The molecule has 1 aliphatic heterocycles. The average molecular weight is 551 g/mol. The van der Waals surface area contributed by atoms with Crippen molar-refractivity contribution in [2.24, 2.45) is 11.8 Å². The molecule has 2 atom stereocenters. The van der Waals surface area contributed by atoms with Gasteiger partial charge in [0.15, 0.2) is 0 Å². The Labute approximate surface area is 227 Å². The number of hydrogen-bond donors (Lipinski definition) is 3. The summed E-state index contributed by atoms with van der Waals surface area (Å²) in [6.45, 7) is 0. The molecule has 5 rings (SSSR count). The second-order valence-corrected chi connectivity index (χ2v) is 12.4. The molecule has 0 bridgehead atoms. The zero-order chi connectivity index (χ0) is 25.1. The van der Waals surface area contributed by atoms with Crippen LogP contribution in [0.5, 0.6) is 0 Å². The topological polar surface area (TPSA) is 53.2 Å². The predicted molar refractivity (Wildman–Crippen MR) is 149 cm³/mol. The number of benzene rings is 2. The van der Waals surface area contributed by atoms with Gasteiger partial charge < -0.3 is 16.0 Å². The molecular formula is C28H34Cl2FN3OS. The number of halogens is 3.